The standard InChI is InChI=1S/C3H5F3N2/c1-8-2(7)3(4,5)6/h1H3,(H2,7,8). The molecule has 0 fully saturated rings. The third kappa shape index (κ3) is 1.81. The molecule has 2 nitrogen and oxygen atoms in total. The molecule has 5 heteroatoms. The molecule has 0 heterocycles. The maximum atomic E-state index is 11.2. The van der Waals surface area contributed by atoms with Crippen LogP contribution >= 0.6 is 0 Å². The van der Waals surface area contributed by atoms with Gasteiger partial charge < -0.3 is 5.32 Å². The number of alkyl halides is 3. The molecule has 0 rings (SSSR count). The quantitative estimate of drug-likeness (QED) is 0.364. The lowest BCUT2D eigenvalue weighted by atomic mass is 10.6. The molecule has 0 saturated carbocycles. The molecular weight excluding hydrogens is 121 g/mol. The van der Waals surface area contributed by atoms with Gasteiger partial charge in [0, 0.05) is 7.05 Å². The normalized spacial score (nSPS) is 11.0. The first-order valence-electron chi connectivity index (χ1n) is 1.82. The van der Waals surface area contributed by atoms with Gasteiger partial charge >= 0.3 is 6.18 Å². The zero-order chi connectivity index (χ0) is 6.78. The highest BCUT2D eigenvalue weighted by Crippen LogP contribution is 2.13. The monoisotopic (exact) mass is 126 g/mol. The Balaban J connectivity index is 3.82. The van der Waals surface area contributed by atoms with Crippen molar-refractivity contribution in [2.45, 2.75) is 6.18 Å². The van der Waals surface area contributed by atoms with Crippen LogP contribution < -0.4 is 5.32 Å². The summed E-state index contributed by atoms with van der Waals surface area (Å²) in [6.07, 6.45) is -4.52. The molecule has 0 radical (unpaired) electrons. The van der Waals surface area contributed by atoms with E-state index < -0.39 is 12.0 Å². The highest BCUT2D eigenvalue weighted by atomic mass is 19.4. The van der Waals surface area contributed by atoms with Gasteiger partial charge in [0.25, 0.3) is 0 Å². The van der Waals surface area contributed by atoms with Crippen LogP contribution in [-0.2, 0) is 0 Å². The average Bonchev–Trinajstić information content (AvgIpc) is 1.62. The van der Waals surface area contributed by atoms with E-state index in [4.69, 9.17) is 5.41 Å². The largest absolute Gasteiger partial charge is 0.448 e. The SMILES string of the molecule is CNC(=N)C(F)(F)F. The molecule has 2 N–H and O–H groups in total. The highest BCUT2D eigenvalue weighted by molar-refractivity contribution is 5.84. The summed E-state index contributed by atoms with van der Waals surface area (Å²) >= 11 is 0. The molecule has 8 heavy (non-hydrogen) atoms. The second kappa shape index (κ2) is 2.02. The zero-order valence-electron chi connectivity index (χ0n) is 4.13. The Bertz CT molecular complexity index is 95.2. The van der Waals surface area contributed by atoms with Gasteiger partial charge in [0.05, 0.1) is 0 Å². The van der Waals surface area contributed by atoms with E-state index in [1.54, 1.807) is 5.32 Å². The van der Waals surface area contributed by atoms with Gasteiger partial charge in [-0.05, 0) is 0 Å². The Labute approximate surface area is 44.2 Å². The van der Waals surface area contributed by atoms with E-state index in [0.29, 0.717) is 0 Å². The van der Waals surface area contributed by atoms with E-state index in [1.165, 1.54) is 0 Å². The summed E-state index contributed by atoms with van der Waals surface area (Å²) in [4.78, 5) is 0. The van der Waals surface area contributed by atoms with Crippen molar-refractivity contribution < 1.29 is 13.2 Å². The van der Waals surface area contributed by atoms with E-state index in [0.717, 1.165) is 7.05 Å². The summed E-state index contributed by atoms with van der Waals surface area (Å²) in [5.74, 6) is -1.42. The van der Waals surface area contributed by atoms with Gasteiger partial charge in [-0.2, -0.15) is 13.2 Å². The molecule has 0 amide bonds. The van der Waals surface area contributed by atoms with Gasteiger partial charge in [-0.25, -0.2) is 0 Å². The van der Waals surface area contributed by atoms with Gasteiger partial charge in [-0.1, -0.05) is 0 Å². The Hall–Kier alpha value is -0.740. The first kappa shape index (κ1) is 7.26. The van der Waals surface area contributed by atoms with E-state index in [1.807, 2.05) is 0 Å². The minimum Gasteiger partial charge on any atom is -0.370 e. The lowest BCUT2D eigenvalue weighted by Crippen LogP contribution is -2.33. The van der Waals surface area contributed by atoms with Crippen LogP contribution in [0.4, 0.5) is 13.2 Å². The van der Waals surface area contributed by atoms with E-state index >= 15 is 0 Å². The molecule has 0 aliphatic heterocycles. The van der Waals surface area contributed by atoms with Crippen LogP contribution in [0.25, 0.3) is 0 Å². The first-order chi connectivity index (χ1) is 3.48. The molecule has 48 valence electrons. The van der Waals surface area contributed by atoms with Gasteiger partial charge in [-0.3, -0.25) is 5.41 Å². The lowest BCUT2D eigenvalue weighted by Gasteiger charge is -2.04. The minimum absolute atomic E-state index is 1.05. The highest BCUT2D eigenvalue weighted by Gasteiger charge is 2.33. The van der Waals surface area contributed by atoms with Crippen molar-refractivity contribution in [2.24, 2.45) is 0 Å². The maximum Gasteiger partial charge on any atom is 0.448 e. The van der Waals surface area contributed by atoms with Crippen molar-refractivity contribution in [1.82, 2.24) is 5.32 Å². The number of nitrogens with one attached hydrogen (secondary N) is 2. The van der Waals surface area contributed by atoms with Crippen LogP contribution in [0.3, 0.4) is 0 Å². The van der Waals surface area contributed by atoms with Gasteiger partial charge in [-0.15, -0.1) is 0 Å². The molecule has 0 unspecified atom stereocenters. The Morgan fingerprint density at radius 1 is 1.50 bits per heavy atom. The summed E-state index contributed by atoms with van der Waals surface area (Å²) in [7, 11) is 1.05. The fraction of sp³-hybridized carbons (Fsp3) is 0.667. The first-order valence-corrected chi connectivity index (χ1v) is 1.82. The number of rotatable bonds is 0. The van der Waals surface area contributed by atoms with Crippen LogP contribution in [0.15, 0.2) is 0 Å². The van der Waals surface area contributed by atoms with Crippen molar-refractivity contribution in [3.8, 4) is 0 Å². The van der Waals surface area contributed by atoms with Crippen molar-refractivity contribution in [2.75, 3.05) is 7.05 Å². The van der Waals surface area contributed by atoms with Crippen molar-refractivity contribution >= 4 is 5.84 Å². The number of hydrogen-bond acceptors (Lipinski definition) is 1. The number of amidine groups is 1. The zero-order valence-corrected chi connectivity index (χ0v) is 4.13. The van der Waals surface area contributed by atoms with Gasteiger partial charge in [0.1, 0.15) is 0 Å². The molecule has 0 saturated heterocycles. The Morgan fingerprint density at radius 3 is 1.88 bits per heavy atom. The molecule has 0 aliphatic rings. The fourth-order valence-corrected chi connectivity index (χ4v) is 0.142. The molecule has 0 aromatic rings. The van der Waals surface area contributed by atoms with Crippen LogP contribution in [0.2, 0.25) is 0 Å². The average molecular weight is 126 g/mol. The summed E-state index contributed by atoms with van der Waals surface area (Å²) in [6.45, 7) is 0. The second-order valence-electron chi connectivity index (χ2n) is 1.12. The van der Waals surface area contributed by atoms with Crippen LogP contribution in [0.1, 0.15) is 0 Å². The summed E-state index contributed by atoms with van der Waals surface area (Å²) < 4.78 is 33.5. The van der Waals surface area contributed by atoms with E-state index in [-0.39, 0.29) is 0 Å². The molecule has 0 bridgehead atoms. The number of halogens is 3. The molecule has 0 aromatic heterocycles. The third-order valence-corrected chi connectivity index (χ3v) is 0.533. The van der Waals surface area contributed by atoms with Gasteiger partial charge in [0.2, 0.25) is 5.84 Å². The summed E-state index contributed by atoms with van der Waals surface area (Å²) in [5.41, 5.74) is 0. The van der Waals surface area contributed by atoms with Crippen molar-refractivity contribution in [1.29, 1.82) is 5.41 Å². The van der Waals surface area contributed by atoms with Crippen molar-refractivity contribution in [3.63, 3.8) is 0 Å². The van der Waals surface area contributed by atoms with E-state index in [2.05, 4.69) is 0 Å². The van der Waals surface area contributed by atoms with Crippen LogP contribution in [0, 0.1) is 5.41 Å². The fourth-order valence-electron chi connectivity index (χ4n) is 0.142. The van der Waals surface area contributed by atoms with Crippen LogP contribution in [0.5, 0.6) is 0 Å². The molecule has 0 aliphatic carbocycles. The summed E-state index contributed by atoms with van der Waals surface area (Å²) in [5, 5.41) is 7.82. The van der Waals surface area contributed by atoms with Gasteiger partial charge in [0.15, 0.2) is 0 Å². The van der Waals surface area contributed by atoms with Crippen molar-refractivity contribution in [3.05, 3.63) is 0 Å². The summed E-state index contributed by atoms with van der Waals surface area (Å²) in [6, 6.07) is 0. The number of hydrogen-bond donors (Lipinski definition) is 2. The molecule has 0 spiro atoms. The smallest absolute Gasteiger partial charge is 0.370 e. The topological polar surface area (TPSA) is 35.9 Å². The Kier molecular flexibility index (Phi) is 1.83. The predicted molar refractivity (Wildman–Crippen MR) is 22.8 cm³/mol. The minimum atomic E-state index is -4.52. The molecule has 0 atom stereocenters. The third-order valence-electron chi connectivity index (χ3n) is 0.533. The lowest BCUT2D eigenvalue weighted by molar-refractivity contribution is -0.0622. The molecule has 0 aromatic carbocycles. The predicted octanol–water partition coefficient (Wildman–Crippen LogP) is 0.745. The van der Waals surface area contributed by atoms with Crippen LogP contribution in [-0.4, -0.2) is 19.1 Å². The Morgan fingerprint density at radius 2 is 1.88 bits per heavy atom. The van der Waals surface area contributed by atoms with E-state index in [9.17, 15) is 13.2 Å². The second-order valence-corrected chi connectivity index (χ2v) is 1.12. The maximum absolute atomic E-state index is 11.2. The molecular formula is C3H5F3N2.